The lowest BCUT2D eigenvalue weighted by Gasteiger charge is -2.10. The lowest BCUT2D eigenvalue weighted by molar-refractivity contribution is 0.102. The fourth-order valence-electron chi connectivity index (χ4n) is 4.87. The fraction of sp³-hybridized carbons (Fsp3) is 0.0323. The summed E-state index contributed by atoms with van der Waals surface area (Å²) in [5.41, 5.74) is 14.0. The smallest absolute Gasteiger partial charge is 0.255 e. The number of amidine groups is 1. The molecular formula is C31H23N3O. The highest BCUT2D eigenvalue weighted by atomic mass is 16.1. The second-order valence-electron chi connectivity index (χ2n) is 8.69. The highest BCUT2D eigenvalue weighted by Crippen LogP contribution is 2.38. The van der Waals surface area contributed by atoms with E-state index in [1.165, 1.54) is 11.1 Å². The summed E-state index contributed by atoms with van der Waals surface area (Å²) in [5.74, 6) is 0.307. The molecule has 4 heteroatoms. The van der Waals surface area contributed by atoms with E-state index in [0.717, 1.165) is 33.9 Å². The van der Waals surface area contributed by atoms with E-state index < -0.39 is 0 Å². The minimum absolute atomic E-state index is 0.127. The van der Waals surface area contributed by atoms with Gasteiger partial charge in [0, 0.05) is 16.8 Å². The Balaban J connectivity index is 1.28. The van der Waals surface area contributed by atoms with Crippen molar-refractivity contribution < 1.29 is 4.79 Å². The molecule has 3 N–H and O–H groups in total. The zero-order valence-corrected chi connectivity index (χ0v) is 19.0. The maximum atomic E-state index is 13.3. The van der Waals surface area contributed by atoms with E-state index in [1.54, 1.807) is 0 Å². The van der Waals surface area contributed by atoms with Crippen LogP contribution in [-0.4, -0.2) is 11.7 Å². The van der Waals surface area contributed by atoms with E-state index in [4.69, 9.17) is 5.73 Å². The maximum Gasteiger partial charge on any atom is 0.255 e. The van der Waals surface area contributed by atoms with E-state index in [9.17, 15) is 4.79 Å². The standard InChI is InChI=1S/C31H23N3O/c32-30(27-16-5-10-20-8-1-3-13-24(20)27)33-22-11-6-12-23(19-22)34-31(35)28-17-7-15-26-25-14-4-2-9-21(25)18-29(26)28/h1-17,19H,18H2,(H2,32,33)(H,34,35). The molecule has 0 radical (unpaired) electrons. The lowest BCUT2D eigenvalue weighted by atomic mass is 10.0. The number of hydrogen-bond acceptors (Lipinski definition) is 2. The van der Waals surface area contributed by atoms with Crippen LogP contribution >= 0.6 is 0 Å². The molecule has 0 unspecified atom stereocenters. The Kier molecular flexibility index (Phi) is 5.12. The molecule has 0 saturated heterocycles. The number of aliphatic imine (C=N–C) groups is 1. The van der Waals surface area contributed by atoms with Gasteiger partial charge in [0.1, 0.15) is 5.84 Å². The number of carbonyl (C=O) groups is 1. The van der Waals surface area contributed by atoms with Gasteiger partial charge in [0.25, 0.3) is 5.91 Å². The van der Waals surface area contributed by atoms with Crippen LogP contribution in [0.25, 0.3) is 21.9 Å². The first-order valence-electron chi connectivity index (χ1n) is 11.6. The first kappa shape index (κ1) is 20.9. The molecule has 4 nitrogen and oxygen atoms in total. The number of carbonyl (C=O) groups excluding carboxylic acids is 1. The third-order valence-corrected chi connectivity index (χ3v) is 6.51. The van der Waals surface area contributed by atoms with E-state index in [0.29, 0.717) is 22.8 Å². The second-order valence-corrected chi connectivity index (χ2v) is 8.69. The van der Waals surface area contributed by atoms with Crippen molar-refractivity contribution in [3.05, 3.63) is 131 Å². The third-order valence-electron chi connectivity index (χ3n) is 6.51. The van der Waals surface area contributed by atoms with Crippen molar-refractivity contribution in [2.75, 3.05) is 5.32 Å². The van der Waals surface area contributed by atoms with Crippen LogP contribution in [0, 0.1) is 0 Å². The predicted octanol–water partition coefficient (Wildman–Crippen LogP) is 6.70. The summed E-state index contributed by atoms with van der Waals surface area (Å²) in [6.45, 7) is 0. The van der Waals surface area contributed by atoms with E-state index in [-0.39, 0.29) is 5.91 Å². The molecule has 0 saturated carbocycles. The molecular weight excluding hydrogens is 430 g/mol. The van der Waals surface area contributed by atoms with Gasteiger partial charge in [-0.05, 0) is 63.7 Å². The Bertz CT molecular complexity index is 1630. The highest BCUT2D eigenvalue weighted by Gasteiger charge is 2.23. The van der Waals surface area contributed by atoms with E-state index >= 15 is 0 Å². The predicted molar refractivity (Wildman–Crippen MR) is 143 cm³/mol. The summed E-state index contributed by atoms with van der Waals surface area (Å²) >= 11 is 0. The van der Waals surface area contributed by atoms with Crippen molar-refractivity contribution >= 4 is 33.9 Å². The molecule has 0 bridgehead atoms. The van der Waals surface area contributed by atoms with Crippen molar-refractivity contribution in [2.45, 2.75) is 6.42 Å². The van der Waals surface area contributed by atoms with Gasteiger partial charge >= 0.3 is 0 Å². The summed E-state index contributed by atoms with van der Waals surface area (Å²) in [4.78, 5) is 17.9. The average molecular weight is 454 g/mol. The van der Waals surface area contributed by atoms with Crippen molar-refractivity contribution in [2.24, 2.45) is 10.7 Å². The Morgan fingerprint density at radius 1 is 0.743 bits per heavy atom. The average Bonchev–Trinajstić information content (AvgIpc) is 3.27. The van der Waals surface area contributed by atoms with Gasteiger partial charge in [-0.25, -0.2) is 4.99 Å². The Morgan fingerprint density at radius 3 is 2.40 bits per heavy atom. The molecule has 168 valence electrons. The Labute approximate surface area is 203 Å². The molecule has 35 heavy (non-hydrogen) atoms. The minimum Gasteiger partial charge on any atom is -0.383 e. The van der Waals surface area contributed by atoms with Crippen LogP contribution < -0.4 is 11.1 Å². The molecule has 0 spiro atoms. The molecule has 1 amide bonds. The Morgan fingerprint density at radius 2 is 1.46 bits per heavy atom. The van der Waals surface area contributed by atoms with E-state index in [1.807, 2.05) is 78.9 Å². The quantitative estimate of drug-likeness (QED) is 0.230. The van der Waals surface area contributed by atoms with Crippen molar-refractivity contribution in [3.8, 4) is 11.1 Å². The van der Waals surface area contributed by atoms with Crippen LogP contribution in [0.5, 0.6) is 0 Å². The summed E-state index contributed by atoms with van der Waals surface area (Å²) in [6, 6.07) is 35.8. The molecule has 5 aromatic carbocycles. The van der Waals surface area contributed by atoms with Gasteiger partial charge in [-0.1, -0.05) is 84.9 Å². The first-order valence-corrected chi connectivity index (χ1v) is 11.6. The lowest BCUT2D eigenvalue weighted by Crippen LogP contribution is -2.14. The number of rotatable bonds is 4. The molecule has 1 aliphatic carbocycles. The van der Waals surface area contributed by atoms with Gasteiger partial charge in [0.2, 0.25) is 0 Å². The van der Waals surface area contributed by atoms with Crippen LogP contribution in [0.15, 0.2) is 114 Å². The molecule has 0 aromatic heterocycles. The van der Waals surface area contributed by atoms with Gasteiger partial charge in [-0.3, -0.25) is 4.79 Å². The summed E-state index contributed by atoms with van der Waals surface area (Å²) in [7, 11) is 0. The molecule has 0 atom stereocenters. The SMILES string of the molecule is NC(=Nc1cccc(NC(=O)c2cccc3c2Cc2ccccc2-3)c1)c1cccc2ccccc12. The van der Waals surface area contributed by atoms with Gasteiger partial charge in [-0.2, -0.15) is 0 Å². The first-order chi connectivity index (χ1) is 17.2. The Hall–Kier alpha value is -4.70. The number of fused-ring (bicyclic) bond motifs is 4. The second kappa shape index (κ2) is 8.58. The summed E-state index contributed by atoms with van der Waals surface area (Å²) < 4.78 is 0. The van der Waals surface area contributed by atoms with Gasteiger partial charge in [0.15, 0.2) is 0 Å². The number of hydrogen-bond donors (Lipinski definition) is 2. The van der Waals surface area contributed by atoms with Crippen LogP contribution in [0.4, 0.5) is 11.4 Å². The van der Waals surface area contributed by atoms with Gasteiger partial charge < -0.3 is 11.1 Å². The molecule has 6 rings (SSSR count). The van der Waals surface area contributed by atoms with Crippen molar-refractivity contribution in [3.63, 3.8) is 0 Å². The minimum atomic E-state index is -0.127. The molecule has 0 heterocycles. The number of benzene rings is 5. The molecule has 5 aromatic rings. The topological polar surface area (TPSA) is 67.5 Å². The number of nitrogens with zero attached hydrogens (tertiary/aromatic N) is 1. The number of nitrogens with two attached hydrogens (primary N) is 1. The molecule has 1 aliphatic rings. The largest absolute Gasteiger partial charge is 0.383 e. The fourth-order valence-corrected chi connectivity index (χ4v) is 4.87. The van der Waals surface area contributed by atoms with Gasteiger partial charge in [0.05, 0.1) is 5.69 Å². The summed E-state index contributed by atoms with van der Waals surface area (Å²) in [6.07, 6.45) is 0.765. The van der Waals surface area contributed by atoms with Gasteiger partial charge in [-0.15, -0.1) is 0 Å². The normalized spacial score (nSPS) is 12.3. The molecule has 0 fully saturated rings. The zero-order valence-electron chi connectivity index (χ0n) is 19.0. The number of amides is 1. The van der Waals surface area contributed by atoms with Crippen LogP contribution in [-0.2, 0) is 6.42 Å². The maximum absolute atomic E-state index is 13.3. The monoisotopic (exact) mass is 453 g/mol. The summed E-state index contributed by atoms with van der Waals surface area (Å²) in [5, 5.41) is 5.22. The third kappa shape index (κ3) is 3.85. The van der Waals surface area contributed by atoms with Crippen LogP contribution in [0.2, 0.25) is 0 Å². The van der Waals surface area contributed by atoms with Crippen LogP contribution in [0.1, 0.15) is 27.0 Å². The number of nitrogens with one attached hydrogen (secondary N) is 1. The zero-order chi connectivity index (χ0) is 23.8. The van der Waals surface area contributed by atoms with Crippen molar-refractivity contribution in [1.29, 1.82) is 0 Å². The van der Waals surface area contributed by atoms with Crippen molar-refractivity contribution in [1.82, 2.24) is 0 Å². The van der Waals surface area contributed by atoms with E-state index in [2.05, 4.69) is 40.6 Å². The highest BCUT2D eigenvalue weighted by molar-refractivity contribution is 6.10. The molecule has 0 aliphatic heterocycles. The number of anilines is 1. The van der Waals surface area contributed by atoms with Crippen LogP contribution in [0.3, 0.4) is 0 Å².